The van der Waals surface area contributed by atoms with Crippen molar-refractivity contribution in [2.24, 2.45) is 0 Å². The number of fused-ring (bicyclic) bond motifs is 2. The van der Waals surface area contributed by atoms with Gasteiger partial charge in [0.25, 0.3) is 0 Å². The van der Waals surface area contributed by atoms with Gasteiger partial charge in [0, 0.05) is 0 Å². The van der Waals surface area contributed by atoms with Gasteiger partial charge in [0.1, 0.15) is 0 Å². The molecule has 4 aromatic rings. The zero-order valence-electron chi connectivity index (χ0n) is 26.0. The lowest BCUT2D eigenvalue weighted by atomic mass is 9.84. The van der Waals surface area contributed by atoms with Crippen molar-refractivity contribution < 1.29 is 0 Å². The van der Waals surface area contributed by atoms with E-state index in [9.17, 15) is 0 Å². The van der Waals surface area contributed by atoms with Gasteiger partial charge in [-0.25, -0.2) is 0 Å². The number of rotatable bonds is 4. The van der Waals surface area contributed by atoms with Crippen LogP contribution in [0.4, 0.5) is 0 Å². The molecule has 1 heteroatoms. The van der Waals surface area contributed by atoms with Crippen LogP contribution in [0.3, 0.4) is 0 Å². The first-order valence-corrected chi connectivity index (χ1v) is 18.4. The van der Waals surface area contributed by atoms with Crippen LogP contribution in [0.25, 0.3) is 11.1 Å². The number of allylic oxidation sites excluding steroid dienone is 2. The molecule has 0 fully saturated rings. The summed E-state index contributed by atoms with van der Waals surface area (Å²) >= 11 is 0. The molecule has 0 bridgehead atoms. The lowest BCUT2D eigenvalue weighted by molar-refractivity contribution is 0.589. The van der Waals surface area contributed by atoms with Gasteiger partial charge in [-0.2, -0.15) is 0 Å². The smallest absolute Gasteiger partial charge is 0.0712 e. The minimum absolute atomic E-state index is 0.115. The second-order valence-electron chi connectivity index (χ2n) is 14.8. The third-order valence-corrected chi connectivity index (χ3v) is 13.7. The number of hydrogen-bond acceptors (Lipinski definition) is 0. The Hall–Kier alpha value is -3.42. The summed E-state index contributed by atoms with van der Waals surface area (Å²) in [5.74, 6) is 0. The van der Waals surface area contributed by atoms with Gasteiger partial charge in [-0.1, -0.05) is 164 Å². The minimum atomic E-state index is -1.97. The molecule has 0 N–H and O–H groups in total. The Morgan fingerprint density at radius 1 is 0.488 bits per heavy atom. The predicted octanol–water partition coefficient (Wildman–Crippen LogP) is 10.8. The first-order valence-electron chi connectivity index (χ1n) is 15.2. The molecule has 0 aliphatic heterocycles. The molecule has 6 rings (SSSR count). The fourth-order valence-corrected chi connectivity index (χ4v) is 10.6. The lowest BCUT2D eigenvalue weighted by Gasteiger charge is -2.36. The zero-order chi connectivity index (χ0) is 29.2. The molecule has 208 valence electrons. The van der Waals surface area contributed by atoms with Gasteiger partial charge in [-0.15, -0.1) is 0 Å². The Morgan fingerprint density at radius 2 is 0.854 bits per heavy atom. The minimum Gasteiger partial charge on any atom is -0.0712 e. The van der Waals surface area contributed by atoms with E-state index in [1.165, 1.54) is 55.7 Å². The molecule has 0 heterocycles. The fourth-order valence-electron chi connectivity index (χ4n) is 6.91. The molecule has 0 saturated carbocycles. The monoisotopic (exact) mass is 552 g/mol. The molecule has 0 nitrogen and oxygen atoms in total. The summed E-state index contributed by atoms with van der Waals surface area (Å²) in [6.07, 6.45) is 5.27. The summed E-state index contributed by atoms with van der Waals surface area (Å²) in [4.78, 5) is 0. The van der Waals surface area contributed by atoms with Gasteiger partial charge in [-0.05, 0) is 77.6 Å². The highest BCUT2D eigenvalue weighted by Crippen LogP contribution is 2.53. The normalized spacial score (nSPS) is 18.5. The SMILES string of the molecule is CC(C)(C)c1ccc2c(c1)C(c1ccccc1)=CC2[Si](C)(C)C1C=C(c2ccccc2)c2cc(C(C)(C)C)ccc21. The molecular weight excluding hydrogens is 509 g/mol. The average molecular weight is 553 g/mol. The molecule has 0 spiro atoms. The van der Waals surface area contributed by atoms with E-state index in [0.29, 0.717) is 11.1 Å². The van der Waals surface area contributed by atoms with Gasteiger partial charge in [0.05, 0.1) is 8.07 Å². The van der Waals surface area contributed by atoms with Gasteiger partial charge in [-0.3, -0.25) is 0 Å². The second kappa shape index (κ2) is 9.84. The highest BCUT2D eigenvalue weighted by Gasteiger charge is 2.45. The first-order chi connectivity index (χ1) is 19.4. The highest BCUT2D eigenvalue weighted by molar-refractivity contribution is 6.81. The largest absolute Gasteiger partial charge is 0.0715 e. The van der Waals surface area contributed by atoms with Crippen LogP contribution in [0.5, 0.6) is 0 Å². The highest BCUT2D eigenvalue weighted by atomic mass is 28.3. The van der Waals surface area contributed by atoms with E-state index in [1.807, 2.05) is 0 Å². The Labute approximate surface area is 248 Å². The van der Waals surface area contributed by atoms with Crippen molar-refractivity contribution in [3.63, 3.8) is 0 Å². The predicted molar refractivity (Wildman–Crippen MR) is 180 cm³/mol. The van der Waals surface area contributed by atoms with Gasteiger partial charge < -0.3 is 0 Å². The summed E-state index contributed by atoms with van der Waals surface area (Å²) in [7, 11) is -1.97. The quantitative estimate of drug-likeness (QED) is 0.221. The van der Waals surface area contributed by atoms with Crippen LogP contribution in [0.2, 0.25) is 13.1 Å². The molecule has 4 aromatic carbocycles. The first kappa shape index (κ1) is 27.7. The third-order valence-electron chi connectivity index (χ3n) is 9.53. The van der Waals surface area contributed by atoms with E-state index in [2.05, 4.69) is 164 Å². The van der Waals surface area contributed by atoms with E-state index in [4.69, 9.17) is 0 Å². The van der Waals surface area contributed by atoms with Crippen LogP contribution in [0, 0.1) is 0 Å². The van der Waals surface area contributed by atoms with Crippen LogP contribution in [0.1, 0.15) is 97.1 Å². The topological polar surface area (TPSA) is 0 Å². The summed E-state index contributed by atoms with van der Waals surface area (Å²) in [6.45, 7) is 19.2. The van der Waals surface area contributed by atoms with E-state index < -0.39 is 8.07 Å². The summed E-state index contributed by atoms with van der Waals surface area (Å²) in [6, 6.07) is 36.7. The number of hydrogen-bond donors (Lipinski definition) is 0. The Bertz CT molecular complexity index is 1530. The molecule has 2 unspecified atom stereocenters. The van der Waals surface area contributed by atoms with E-state index in [-0.39, 0.29) is 10.8 Å². The van der Waals surface area contributed by atoms with Crippen LogP contribution >= 0.6 is 0 Å². The molecule has 2 aliphatic rings. The van der Waals surface area contributed by atoms with Crippen molar-refractivity contribution in [1.29, 1.82) is 0 Å². The van der Waals surface area contributed by atoms with Crippen molar-refractivity contribution in [3.8, 4) is 0 Å². The van der Waals surface area contributed by atoms with Crippen molar-refractivity contribution in [2.75, 3.05) is 0 Å². The molecule has 0 aromatic heterocycles. The Morgan fingerprint density at radius 3 is 1.20 bits per heavy atom. The molecule has 0 radical (unpaired) electrons. The van der Waals surface area contributed by atoms with Crippen molar-refractivity contribution in [1.82, 2.24) is 0 Å². The average Bonchev–Trinajstić information content (AvgIpc) is 3.52. The molecule has 41 heavy (non-hydrogen) atoms. The lowest BCUT2D eigenvalue weighted by Crippen LogP contribution is -2.40. The van der Waals surface area contributed by atoms with Crippen molar-refractivity contribution in [3.05, 3.63) is 154 Å². The second-order valence-corrected chi connectivity index (χ2v) is 19.7. The van der Waals surface area contributed by atoms with Gasteiger partial charge in [0.2, 0.25) is 0 Å². The molecule has 0 amide bonds. The molecular formula is C40H44Si. The Kier molecular flexibility index (Phi) is 6.66. The van der Waals surface area contributed by atoms with E-state index >= 15 is 0 Å². The Balaban J connectivity index is 1.52. The number of benzene rings is 4. The van der Waals surface area contributed by atoms with Gasteiger partial charge >= 0.3 is 0 Å². The van der Waals surface area contributed by atoms with Crippen LogP contribution < -0.4 is 0 Å². The van der Waals surface area contributed by atoms with E-state index in [1.54, 1.807) is 0 Å². The summed E-state index contributed by atoms with van der Waals surface area (Å²) in [5, 5.41) is 0. The summed E-state index contributed by atoms with van der Waals surface area (Å²) in [5.41, 5.74) is 15.3. The molecule has 2 aliphatic carbocycles. The van der Waals surface area contributed by atoms with Crippen LogP contribution in [0.15, 0.2) is 109 Å². The standard InChI is InChI=1S/C40H44Si/c1-39(2,3)29-19-21-31-35(23-29)33(27-15-11-9-12-16-27)25-37(31)41(7,8)38-26-34(28-17-13-10-14-18-28)36-24-30(40(4,5)6)20-22-32(36)38/h9-26,37-38H,1-8H3. The van der Waals surface area contributed by atoms with Gasteiger partial charge in [0.15, 0.2) is 0 Å². The molecule has 2 atom stereocenters. The van der Waals surface area contributed by atoms with Crippen molar-refractivity contribution >= 4 is 19.2 Å². The van der Waals surface area contributed by atoms with Crippen LogP contribution in [-0.4, -0.2) is 8.07 Å². The van der Waals surface area contributed by atoms with Crippen molar-refractivity contribution in [2.45, 2.75) is 76.5 Å². The third kappa shape index (κ3) is 4.89. The zero-order valence-corrected chi connectivity index (χ0v) is 27.0. The van der Waals surface area contributed by atoms with Crippen LogP contribution in [-0.2, 0) is 10.8 Å². The molecule has 0 saturated heterocycles. The maximum atomic E-state index is 2.64. The fraction of sp³-hybridized carbons (Fsp3) is 0.300. The van der Waals surface area contributed by atoms with E-state index in [0.717, 1.165) is 0 Å². The maximum Gasteiger partial charge on any atom is 0.0715 e. The maximum absolute atomic E-state index is 2.64. The summed E-state index contributed by atoms with van der Waals surface area (Å²) < 4.78 is 0.